The van der Waals surface area contributed by atoms with E-state index in [0.29, 0.717) is 26.1 Å². The summed E-state index contributed by atoms with van der Waals surface area (Å²) in [4.78, 5) is 31.2. The summed E-state index contributed by atoms with van der Waals surface area (Å²) in [7, 11) is 0. The molecular weight excluding hydrogens is 464 g/mol. The molecule has 2 aliphatic heterocycles. The molecule has 198 valence electrons. The number of nitrogens with zero attached hydrogens (tertiary/aromatic N) is 2. The molecule has 5 rings (SSSR count). The lowest BCUT2D eigenvalue weighted by atomic mass is 9.87. The minimum Gasteiger partial charge on any atom is -0.379 e. The summed E-state index contributed by atoms with van der Waals surface area (Å²) in [5.74, 6) is -0.320. The summed E-state index contributed by atoms with van der Waals surface area (Å²) in [5, 5.41) is 6.32. The average Bonchev–Trinajstić information content (AvgIpc) is 3.41. The molecule has 2 aromatic rings. The molecule has 7 nitrogen and oxygen atoms in total. The number of carbonyl (C=O) groups excluding carboxylic acids is 2. The van der Waals surface area contributed by atoms with Gasteiger partial charge in [-0.2, -0.15) is 0 Å². The van der Waals surface area contributed by atoms with Crippen molar-refractivity contribution in [2.24, 2.45) is 11.8 Å². The highest BCUT2D eigenvalue weighted by Gasteiger charge is 2.35. The first-order valence-corrected chi connectivity index (χ1v) is 13.9. The Balaban J connectivity index is 1.20. The number of fused-ring (bicyclic) bond motifs is 1. The number of amides is 2. The number of hydrogen-bond acceptors (Lipinski definition) is 5. The van der Waals surface area contributed by atoms with Crippen molar-refractivity contribution in [3.05, 3.63) is 65.2 Å². The number of carbonyl (C=O) groups is 2. The van der Waals surface area contributed by atoms with E-state index in [0.717, 1.165) is 64.3 Å². The fourth-order valence-corrected chi connectivity index (χ4v) is 5.88. The third-order valence-electron chi connectivity index (χ3n) is 8.02. The second kappa shape index (κ2) is 12.7. The van der Waals surface area contributed by atoms with E-state index in [2.05, 4.69) is 56.8 Å². The van der Waals surface area contributed by atoms with Crippen LogP contribution in [-0.2, 0) is 33.6 Å². The van der Waals surface area contributed by atoms with Crippen LogP contribution in [-0.4, -0.2) is 80.6 Å². The molecule has 1 aliphatic carbocycles. The van der Waals surface area contributed by atoms with Gasteiger partial charge >= 0.3 is 0 Å². The number of benzene rings is 2. The van der Waals surface area contributed by atoms with Crippen LogP contribution in [0.4, 0.5) is 5.69 Å². The first-order valence-electron chi connectivity index (χ1n) is 13.9. The van der Waals surface area contributed by atoms with Gasteiger partial charge in [0.1, 0.15) is 0 Å². The van der Waals surface area contributed by atoms with Crippen molar-refractivity contribution >= 4 is 17.5 Å². The van der Waals surface area contributed by atoms with E-state index in [-0.39, 0.29) is 23.7 Å². The van der Waals surface area contributed by atoms with Crippen molar-refractivity contribution in [1.29, 1.82) is 0 Å². The Morgan fingerprint density at radius 2 is 1.62 bits per heavy atom. The van der Waals surface area contributed by atoms with Crippen molar-refractivity contribution in [2.45, 2.75) is 32.1 Å². The van der Waals surface area contributed by atoms with Gasteiger partial charge in [0.05, 0.1) is 25.0 Å². The molecule has 2 heterocycles. The quantitative estimate of drug-likeness (QED) is 0.550. The fourth-order valence-electron chi connectivity index (χ4n) is 5.88. The number of aryl methyl sites for hydroxylation is 2. The average molecular weight is 505 g/mol. The molecule has 37 heavy (non-hydrogen) atoms. The van der Waals surface area contributed by atoms with Crippen LogP contribution in [0.2, 0.25) is 0 Å². The van der Waals surface area contributed by atoms with Crippen LogP contribution < -0.4 is 10.6 Å². The number of rotatable bonds is 9. The number of hydrogen-bond donors (Lipinski definition) is 2. The zero-order chi connectivity index (χ0) is 25.5. The molecule has 2 aromatic carbocycles. The number of piperidine rings is 1. The molecule has 0 spiro atoms. The fraction of sp³-hybridized carbons (Fsp3) is 0.533. The molecule has 0 saturated carbocycles. The van der Waals surface area contributed by atoms with Gasteiger partial charge in [0.2, 0.25) is 11.8 Å². The standard InChI is InChI=1S/C30H40N4O3/c35-29(31-12-14-33-15-17-37-18-16-33)26-19-27(22-34(21-26)13-11-23-5-2-1-3-6-23)30(36)32-28-10-9-24-7-4-8-25(24)20-28/h1-3,5-6,9-10,20,26-27H,4,7-8,11-19,21-22H2,(H,31,35)(H,32,36)/t26-,27+/m0/s1. The normalized spacial score (nSPS) is 22.4. The monoisotopic (exact) mass is 504 g/mol. The van der Waals surface area contributed by atoms with Gasteiger partial charge in [0.25, 0.3) is 0 Å². The lowest BCUT2D eigenvalue weighted by Gasteiger charge is -2.36. The van der Waals surface area contributed by atoms with Crippen molar-refractivity contribution in [3.63, 3.8) is 0 Å². The SMILES string of the molecule is O=C(NCCN1CCOCC1)[C@H]1C[C@@H](C(=O)Nc2ccc3c(c2)CCC3)CN(CCc2ccccc2)C1. The predicted molar refractivity (Wildman–Crippen MR) is 146 cm³/mol. The van der Waals surface area contributed by atoms with Gasteiger partial charge < -0.3 is 20.3 Å². The Kier molecular flexibility index (Phi) is 8.87. The number of nitrogens with one attached hydrogen (secondary N) is 2. The lowest BCUT2D eigenvalue weighted by molar-refractivity contribution is -0.130. The minimum absolute atomic E-state index is 0.0217. The molecular formula is C30H40N4O3. The molecule has 7 heteroatoms. The molecule has 3 aliphatic rings. The van der Waals surface area contributed by atoms with E-state index in [4.69, 9.17) is 4.74 Å². The van der Waals surface area contributed by atoms with Crippen molar-refractivity contribution in [1.82, 2.24) is 15.1 Å². The topological polar surface area (TPSA) is 73.9 Å². The molecule has 2 atom stereocenters. The zero-order valence-corrected chi connectivity index (χ0v) is 21.8. The molecule has 2 N–H and O–H groups in total. The highest BCUT2D eigenvalue weighted by Crippen LogP contribution is 2.27. The summed E-state index contributed by atoms with van der Waals surface area (Å²) < 4.78 is 5.42. The smallest absolute Gasteiger partial charge is 0.228 e. The van der Waals surface area contributed by atoms with E-state index in [9.17, 15) is 9.59 Å². The van der Waals surface area contributed by atoms with E-state index < -0.39 is 0 Å². The van der Waals surface area contributed by atoms with Gasteiger partial charge in [-0.05, 0) is 60.9 Å². The molecule has 2 saturated heterocycles. The van der Waals surface area contributed by atoms with Crippen molar-refractivity contribution in [2.75, 3.05) is 64.3 Å². The van der Waals surface area contributed by atoms with Gasteiger partial charge in [-0.25, -0.2) is 0 Å². The second-order valence-corrected chi connectivity index (χ2v) is 10.7. The van der Waals surface area contributed by atoms with Gasteiger partial charge in [0.15, 0.2) is 0 Å². The van der Waals surface area contributed by atoms with Gasteiger partial charge in [-0.1, -0.05) is 36.4 Å². The van der Waals surface area contributed by atoms with E-state index in [1.54, 1.807) is 0 Å². The summed E-state index contributed by atoms with van der Waals surface area (Å²) >= 11 is 0. The number of likely N-dealkylation sites (tertiary alicyclic amines) is 1. The van der Waals surface area contributed by atoms with Crippen molar-refractivity contribution in [3.8, 4) is 0 Å². The molecule has 2 amide bonds. The Labute approximate surface area is 220 Å². The highest BCUT2D eigenvalue weighted by molar-refractivity contribution is 5.93. The Morgan fingerprint density at radius 3 is 2.43 bits per heavy atom. The first kappa shape index (κ1) is 25.9. The van der Waals surface area contributed by atoms with Gasteiger partial charge in [-0.3, -0.25) is 14.5 Å². The molecule has 2 fully saturated rings. The van der Waals surface area contributed by atoms with Crippen LogP contribution >= 0.6 is 0 Å². The van der Waals surface area contributed by atoms with Crippen molar-refractivity contribution < 1.29 is 14.3 Å². The van der Waals surface area contributed by atoms with Crippen LogP contribution in [0.15, 0.2) is 48.5 Å². The number of morpholine rings is 1. The van der Waals surface area contributed by atoms with Gasteiger partial charge in [0, 0.05) is 51.5 Å². The minimum atomic E-state index is -0.215. The summed E-state index contributed by atoms with van der Waals surface area (Å²) in [6, 6.07) is 16.7. The van der Waals surface area contributed by atoms with Crippen LogP contribution in [0.5, 0.6) is 0 Å². The van der Waals surface area contributed by atoms with E-state index in [1.165, 1.54) is 23.1 Å². The Bertz CT molecular complexity index is 1050. The van der Waals surface area contributed by atoms with Crippen LogP contribution in [0.25, 0.3) is 0 Å². The van der Waals surface area contributed by atoms with Crippen LogP contribution in [0.1, 0.15) is 29.5 Å². The Morgan fingerprint density at radius 1 is 0.865 bits per heavy atom. The van der Waals surface area contributed by atoms with E-state index >= 15 is 0 Å². The summed E-state index contributed by atoms with van der Waals surface area (Å²) in [6.07, 6.45) is 4.90. The molecule has 0 radical (unpaired) electrons. The third-order valence-corrected chi connectivity index (χ3v) is 8.02. The van der Waals surface area contributed by atoms with E-state index in [1.807, 2.05) is 12.1 Å². The maximum absolute atomic E-state index is 13.4. The largest absolute Gasteiger partial charge is 0.379 e. The summed E-state index contributed by atoms with van der Waals surface area (Å²) in [5.41, 5.74) is 4.90. The first-order chi connectivity index (χ1) is 18.1. The molecule has 0 bridgehead atoms. The van der Waals surface area contributed by atoms with Crippen LogP contribution in [0.3, 0.4) is 0 Å². The van der Waals surface area contributed by atoms with Crippen LogP contribution in [0, 0.1) is 11.8 Å². The Hall–Kier alpha value is -2.74. The molecule has 0 aromatic heterocycles. The number of ether oxygens (including phenoxy) is 1. The zero-order valence-electron chi connectivity index (χ0n) is 21.8. The predicted octanol–water partition coefficient (Wildman–Crippen LogP) is 2.74. The second-order valence-electron chi connectivity index (χ2n) is 10.7. The maximum Gasteiger partial charge on any atom is 0.228 e. The molecule has 0 unspecified atom stereocenters. The van der Waals surface area contributed by atoms with Gasteiger partial charge in [-0.15, -0.1) is 0 Å². The number of anilines is 1. The highest BCUT2D eigenvalue weighted by atomic mass is 16.5. The lowest BCUT2D eigenvalue weighted by Crippen LogP contribution is -2.50. The third kappa shape index (κ3) is 7.18. The maximum atomic E-state index is 13.4. The summed E-state index contributed by atoms with van der Waals surface area (Å²) in [6.45, 7) is 7.02.